The number of hydrogen-bond donors (Lipinski definition) is 1. The molecule has 6 heteroatoms. The van der Waals surface area contributed by atoms with Gasteiger partial charge in [-0.05, 0) is 37.5 Å². The van der Waals surface area contributed by atoms with Crippen molar-refractivity contribution in [1.29, 1.82) is 0 Å². The quantitative estimate of drug-likeness (QED) is 0.552. The second-order valence-electron chi connectivity index (χ2n) is 7.02. The van der Waals surface area contributed by atoms with Crippen molar-refractivity contribution in [3.8, 4) is 0 Å². The molecule has 1 atom stereocenters. The molecule has 0 aliphatic carbocycles. The van der Waals surface area contributed by atoms with E-state index < -0.39 is 11.9 Å². The van der Waals surface area contributed by atoms with E-state index in [4.69, 9.17) is 4.74 Å². The zero-order chi connectivity index (χ0) is 20.6. The highest BCUT2D eigenvalue weighted by atomic mass is 16.5. The average molecular weight is 394 g/mol. The van der Waals surface area contributed by atoms with Crippen LogP contribution in [0.15, 0.2) is 54.6 Å². The number of nitrogens with one attached hydrogen (secondary N) is 1. The second kappa shape index (κ2) is 9.87. The third-order valence-electron chi connectivity index (χ3n) is 4.97. The molecule has 0 spiro atoms. The molecule has 1 heterocycles. The van der Waals surface area contributed by atoms with Gasteiger partial charge in [0.1, 0.15) is 0 Å². The summed E-state index contributed by atoms with van der Waals surface area (Å²) in [5.41, 5.74) is 2.07. The van der Waals surface area contributed by atoms with Gasteiger partial charge in [0.05, 0.1) is 23.8 Å². The number of hydrogen-bond acceptors (Lipinski definition) is 4. The maximum atomic E-state index is 12.5. The normalized spacial score (nSPS) is 16.0. The standard InChI is InChI=1S/C23H26N2O4/c1-2-29-23(28)19-12-6-7-13-20(19)25-16-18(15-21(25)26)22(27)24-14-8-11-17-9-4-3-5-10-17/h3-7,9-10,12-13,18H,2,8,11,14-16H2,1H3,(H,24,27). The van der Waals surface area contributed by atoms with Gasteiger partial charge in [-0.25, -0.2) is 4.79 Å². The van der Waals surface area contributed by atoms with E-state index in [1.165, 1.54) is 10.5 Å². The van der Waals surface area contributed by atoms with Gasteiger partial charge in [0.25, 0.3) is 0 Å². The molecule has 29 heavy (non-hydrogen) atoms. The van der Waals surface area contributed by atoms with E-state index in [0.717, 1.165) is 12.8 Å². The minimum Gasteiger partial charge on any atom is -0.462 e. The van der Waals surface area contributed by atoms with Crippen molar-refractivity contribution in [1.82, 2.24) is 5.32 Å². The molecule has 1 aliphatic rings. The van der Waals surface area contributed by atoms with Gasteiger partial charge < -0.3 is 15.0 Å². The van der Waals surface area contributed by atoms with E-state index in [0.29, 0.717) is 17.8 Å². The predicted molar refractivity (Wildman–Crippen MR) is 111 cm³/mol. The lowest BCUT2D eigenvalue weighted by Crippen LogP contribution is -2.34. The zero-order valence-corrected chi connectivity index (χ0v) is 16.6. The Balaban J connectivity index is 1.56. The molecule has 3 rings (SSSR count). The summed E-state index contributed by atoms with van der Waals surface area (Å²) in [6, 6.07) is 17.0. The summed E-state index contributed by atoms with van der Waals surface area (Å²) in [4.78, 5) is 38.8. The number of carbonyl (C=O) groups excluding carboxylic acids is 3. The highest BCUT2D eigenvalue weighted by Crippen LogP contribution is 2.28. The van der Waals surface area contributed by atoms with Crippen molar-refractivity contribution in [2.45, 2.75) is 26.2 Å². The number of anilines is 1. The number of esters is 1. The average Bonchev–Trinajstić information content (AvgIpc) is 3.13. The van der Waals surface area contributed by atoms with Gasteiger partial charge in [0.15, 0.2) is 0 Å². The molecule has 0 aromatic heterocycles. The Kier molecular flexibility index (Phi) is 7.00. The molecule has 1 N–H and O–H groups in total. The summed E-state index contributed by atoms with van der Waals surface area (Å²) in [5.74, 6) is -1.17. The molecule has 2 aromatic rings. The van der Waals surface area contributed by atoms with Crippen LogP contribution in [0.1, 0.15) is 35.7 Å². The van der Waals surface area contributed by atoms with Crippen molar-refractivity contribution < 1.29 is 19.1 Å². The van der Waals surface area contributed by atoms with Gasteiger partial charge >= 0.3 is 5.97 Å². The molecule has 152 valence electrons. The molecule has 1 aliphatic heterocycles. The van der Waals surface area contributed by atoms with Gasteiger partial charge in [-0.2, -0.15) is 0 Å². The Morgan fingerprint density at radius 3 is 2.59 bits per heavy atom. The van der Waals surface area contributed by atoms with E-state index >= 15 is 0 Å². The van der Waals surface area contributed by atoms with Gasteiger partial charge in [-0.3, -0.25) is 9.59 Å². The fourth-order valence-electron chi connectivity index (χ4n) is 3.50. The third-order valence-corrected chi connectivity index (χ3v) is 4.97. The number of benzene rings is 2. The topological polar surface area (TPSA) is 75.7 Å². The molecule has 1 unspecified atom stereocenters. The van der Waals surface area contributed by atoms with E-state index in [1.54, 1.807) is 31.2 Å². The molecule has 2 aromatic carbocycles. The fraction of sp³-hybridized carbons (Fsp3) is 0.348. The van der Waals surface area contributed by atoms with Crippen molar-refractivity contribution in [2.24, 2.45) is 5.92 Å². The van der Waals surface area contributed by atoms with Crippen LogP contribution in [0.3, 0.4) is 0 Å². The van der Waals surface area contributed by atoms with Crippen LogP contribution in [0.2, 0.25) is 0 Å². The van der Waals surface area contributed by atoms with E-state index in [2.05, 4.69) is 17.4 Å². The summed E-state index contributed by atoms with van der Waals surface area (Å²) in [7, 11) is 0. The zero-order valence-electron chi connectivity index (χ0n) is 16.6. The van der Waals surface area contributed by atoms with Crippen LogP contribution in [-0.4, -0.2) is 37.5 Å². The summed E-state index contributed by atoms with van der Waals surface area (Å²) < 4.78 is 5.08. The molecule has 1 fully saturated rings. The van der Waals surface area contributed by atoms with Crippen molar-refractivity contribution in [3.63, 3.8) is 0 Å². The first-order valence-electron chi connectivity index (χ1n) is 9.98. The van der Waals surface area contributed by atoms with Crippen LogP contribution in [0.5, 0.6) is 0 Å². The highest BCUT2D eigenvalue weighted by Gasteiger charge is 2.36. The van der Waals surface area contributed by atoms with Gasteiger partial charge in [0, 0.05) is 19.5 Å². The lowest BCUT2D eigenvalue weighted by molar-refractivity contribution is -0.126. The van der Waals surface area contributed by atoms with Crippen molar-refractivity contribution >= 4 is 23.5 Å². The Morgan fingerprint density at radius 2 is 1.83 bits per heavy atom. The summed E-state index contributed by atoms with van der Waals surface area (Å²) in [6.45, 7) is 2.83. The molecule has 6 nitrogen and oxygen atoms in total. The molecular weight excluding hydrogens is 368 g/mol. The molecular formula is C23H26N2O4. The molecule has 0 bridgehead atoms. The summed E-state index contributed by atoms with van der Waals surface area (Å²) in [5, 5.41) is 2.94. The molecule has 0 radical (unpaired) electrons. The SMILES string of the molecule is CCOC(=O)c1ccccc1N1CC(C(=O)NCCCc2ccccc2)CC1=O. The number of aryl methyl sites for hydroxylation is 1. The lowest BCUT2D eigenvalue weighted by Gasteiger charge is -2.19. The number of ether oxygens (including phenoxy) is 1. The summed E-state index contributed by atoms with van der Waals surface area (Å²) in [6.07, 6.45) is 1.87. The van der Waals surface area contributed by atoms with Gasteiger partial charge in [-0.1, -0.05) is 42.5 Å². The van der Waals surface area contributed by atoms with Gasteiger partial charge in [0.2, 0.25) is 11.8 Å². The Bertz CT molecular complexity index is 866. The first-order chi connectivity index (χ1) is 14.1. The minimum atomic E-state index is -0.468. The Hall–Kier alpha value is -3.15. The van der Waals surface area contributed by atoms with Crippen LogP contribution in [0.4, 0.5) is 5.69 Å². The molecule has 2 amide bonds. The molecule has 0 saturated carbocycles. The molecule has 1 saturated heterocycles. The predicted octanol–water partition coefficient (Wildman–Crippen LogP) is 2.97. The van der Waals surface area contributed by atoms with Crippen LogP contribution in [-0.2, 0) is 20.7 Å². The number of nitrogens with zero attached hydrogens (tertiary/aromatic N) is 1. The van der Waals surface area contributed by atoms with Gasteiger partial charge in [-0.15, -0.1) is 0 Å². The van der Waals surface area contributed by atoms with Crippen LogP contribution < -0.4 is 10.2 Å². The smallest absolute Gasteiger partial charge is 0.340 e. The first-order valence-corrected chi connectivity index (χ1v) is 9.98. The fourth-order valence-corrected chi connectivity index (χ4v) is 3.50. The Morgan fingerprint density at radius 1 is 1.10 bits per heavy atom. The first kappa shape index (κ1) is 20.6. The van der Waals surface area contributed by atoms with Crippen LogP contribution in [0, 0.1) is 5.92 Å². The van der Waals surface area contributed by atoms with E-state index in [-0.39, 0.29) is 31.4 Å². The van der Waals surface area contributed by atoms with Crippen molar-refractivity contribution in [3.05, 3.63) is 65.7 Å². The van der Waals surface area contributed by atoms with Crippen LogP contribution in [0.25, 0.3) is 0 Å². The third kappa shape index (κ3) is 5.22. The number of amides is 2. The van der Waals surface area contributed by atoms with Crippen LogP contribution >= 0.6 is 0 Å². The monoisotopic (exact) mass is 394 g/mol. The number of carbonyl (C=O) groups is 3. The second-order valence-corrected chi connectivity index (χ2v) is 7.02. The maximum absolute atomic E-state index is 12.5. The maximum Gasteiger partial charge on any atom is 0.340 e. The number of para-hydroxylation sites is 1. The number of rotatable bonds is 8. The van der Waals surface area contributed by atoms with E-state index in [9.17, 15) is 14.4 Å². The highest BCUT2D eigenvalue weighted by molar-refractivity contribution is 6.05. The largest absolute Gasteiger partial charge is 0.462 e. The minimum absolute atomic E-state index is 0.123. The summed E-state index contributed by atoms with van der Waals surface area (Å²) >= 11 is 0. The Labute approximate surface area is 170 Å². The van der Waals surface area contributed by atoms with E-state index in [1.807, 2.05) is 18.2 Å². The van der Waals surface area contributed by atoms with Crippen molar-refractivity contribution in [2.75, 3.05) is 24.6 Å². The lowest BCUT2D eigenvalue weighted by atomic mass is 10.1.